The zero-order chi connectivity index (χ0) is 12.1. The van der Waals surface area contributed by atoms with Gasteiger partial charge in [0.05, 0.1) is 5.01 Å². The first-order valence-corrected chi connectivity index (χ1v) is 7.76. The molecule has 0 bridgehead atoms. The molecule has 1 heterocycles. The summed E-state index contributed by atoms with van der Waals surface area (Å²) in [5.41, 5.74) is 0. The predicted molar refractivity (Wildman–Crippen MR) is 74.4 cm³/mol. The third-order valence-electron chi connectivity index (χ3n) is 3.98. The highest BCUT2D eigenvalue weighted by molar-refractivity contribution is 7.09. The summed E-state index contributed by atoms with van der Waals surface area (Å²) in [6, 6.07) is 0. The van der Waals surface area contributed by atoms with Gasteiger partial charge in [-0.1, -0.05) is 20.3 Å². The van der Waals surface area contributed by atoms with Crippen LogP contribution in [0.1, 0.15) is 38.1 Å². The fourth-order valence-electron chi connectivity index (χ4n) is 2.99. The van der Waals surface area contributed by atoms with Crippen molar-refractivity contribution in [2.75, 3.05) is 13.1 Å². The number of thiazole rings is 1. The van der Waals surface area contributed by atoms with Crippen LogP contribution in [0.2, 0.25) is 0 Å². The van der Waals surface area contributed by atoms with Gasteiger partial charge in [-0.15, -0.1) is 11.3 Å². The molecule has 17 heavy (non-hydrogen) atoms. The summed E-state index contributed by atoms with van der Waals surface area (Å²) in [7, 11) is 0. The molecule has 1 aliphatic carbocycles. The van der Waals surface area contributed by atoms with Crippen LogP contribution in [-0.2, 0) is 6.42 Å². The molecule has 0 aromatic carbocycles. The second-order valence-corrected chi connectivity index (χ2v) is 6.36. The molecule has 0 aliphatic heterocycles. The molecular formula is C14H24N2S. The molecule has 1 N–H and O–H groups in total. The Labute approximate surface area is 109 Å². The molecule has 0 radical (unpaired) electrons. The number of aromatic nitrogens is 1. The molecule has 0 saturated heterocycles. The van der Waals surface area contributed by atoms with E-state index in [1.807, 2.05) is 17.5 Å². The summed E-state index contributed by atoms with van der Waals surface area (Å²) in [4.78, 5) is 4.45. The van der Waals surface area contributed by atoms with E-state index in [4.69, 9.17) is 0 Å². The lowest BCUT2D eigenvalue weighted by Gasteiger charge is -2.34. The first-order valence-electron chi connectivity index (χ1n) is 6.88. The highest BCUT2D eigenvalue weighted by Gasteiger charge is 2.28. The summed E-state index contributed by atoms with van der Waals surface area (Å²) in [5.74, 6) is 2.59. The van der Waals surface area contributed by atoms with Gasteiger partial charge in [0.1, 0.15) is 0 Å². The largest absolute Gasteiger partial charge is 0.317 e. The maximum absolute atomic E-state index is 4.45. The molecule has 0 spiro atoms. The Balaban J connectivity index is 1.93. The minimum Gasteiger partial charge on any atom is -0.317 e. The average Bonchev–Trinajstić information content (AvgIpc) is 2.81. The molecule has 1 aliphatic rings. The molecule has 0 amide bonds. The molecule has 2 nitrogen and oxygen atoms in total. The van der Waals surface area contributed by atoms with E-state index in [9.17, 15) is 0 Å². The highest BCUT2D eigenvalue weighted by Crippen LogP contribution is 2.35. The van der Waals surface area contributed by atoms with Crippen molar-refractivity contribution in [3.05, 3.63) is 16.6 Å². The Morgan fingerprint density at radius 3 is 3.00 bits per heavy atom. The molecule has 3 atom stereocenters. The van der Waals surface area contributed by atoms with Gasteiger partial charge in [0.25, 0.3) is 0 Å². The summed E-state index contributed by atoms with van der Waals surface area (Å²) in [6.45, 7) is 6.88. The predicted octanol–water partition coefficient (Wildman–Crippen LogP) is 3.35. The molecule has 1 saturated carbocycles. The van der Waals surface area contributed by atoms with E-state index in [1.165, 1.54) is 37.2 Å². The van der Waals surface area contributed by atoms with Crippen molar-refractivity contribution >= 4 is 11.3 Å². The topological polar surface area (TPSA) is 24.9 Å². The van der Waals surface area contributed by atoms with Crippen LogP contribution in [0.25, 0.3) is 0 Å². The van der Waals surface area contributed by atoms with Crippen LogP contribution < -0.4 is 5.32 Å². The van der Waals surface area contributed by atoms with E-state index < -0.39 is 0 Å². The van der Waals surface area contributed by atoms with Crippen LogP contribution in [0.4, 0.5) is 0 Å². The quantitative estimate of drug-likeness (QED) is 0.869. The number of hydrogen-bond donors (Lipinski definition) is 1. The Morgan fingerprint density at radius 1 is 1.41 bits per heavy atom. The van der Waals surface area contributed by atoms with Crippen LogP contribution in [0.3, 0.4) is 0 Å². The normalized spacial score (nSPS) is 29.4. The zero-order valence-corrected chi connectivity index (χ0v) is 11.8. The van der Waals surface area contributed by atoms with Crippen molar-refractivity contribution in [1.29, 1.82) is 0 Å². The summed E-state index contributed by atoms with van der Waals surface area (Å²) in [5, 5.41) is 6.95. The second kappa shape index (κ2) is 6.50. The van der Waals surface area contributed by atoms with Gasteiger partial charge >= 0.3 is 0 Å². The second-order valence-electron chi connectivity index (χ2n) is 5.38. The van der Waals surface area contributed by atoms with Crippen molar-refractivity contribution in [3.63, 3.8) is 0 Å². The molecule has 1 aromatic heterocycles. The summed E-state index contributed by atoms with van der Waals surface area (Å²) >= 11 is 1.81. The Kier molecular flexibility index (Phi) is 4.99. The van der Waals surface area contributed by atoms with Gasteiger partial charge in [0.15, 0.2) is 0 Å². The minimum atomic E-state index is 0.837. The lowest BCUT2D eigenvalue weighted by Crippen LogP contribution is -2.33. The highest BCUT2D eigenvalue weighted by atomic mass is 32.1. The SMILES string of the molecule is CCNCC1CCC(C)CC1Cc1nccs1. The fraction of sp³-hybridized carbons (Fsp3) is 0.786. The van der Waals surface area contributed by atoms with Gasteiger partial charge in [-0.3, -0.25) is 0 Å². The maximum Gasteiger partial charge on any atom is 0.0927 e. The third-order valence-corrected chi connectivity index (χ3v) is 4.78. The van der Waals surface area contributed by atoms with Crippen molar-refractivity contribution in [2.24, 2.45) is 17.8 Å². The van der Waals surface area contributed by atoms with Gasteiger partial charge in [0.2, 0.25) is 0 Å². The van der Waals surface area contributed by atoms with Gasteiger partial charge in [0, 0.05) is 18.0 Å². The van der Waals surface area contributed by atoms with Gasteiger partial charge in [-0.2, -0.15) is 0 Å². The van der Waals surface area contributed by atoms with E-state index >= 15 is 0 Å². The van der Waals surface area contributed by atoms with Crippen LogP contribution in [0.5, 0.6) is 0 Å². The Morgan fingerprint density at radius 2 is 2.29 bits per heavy atom. The molecule has 3 unspecified atom stereocenters. The molecule has 96 valence electrons. The standard InChI is InChI=1S/C14H24N2S/c1-3-15-10-12-5-4-11(2)8-13(12)9-14-16-6-7-17-14/h6-7,11-13,15H,3-5,8-10H2,1-2H3. The minimum absolute atomic E-state index is 0.837. The van der Waals surface area contributed by atoms with E-state index in [0.717, 1.165) is 24.3 Å². The fourth-order valence-corrected chi connectivity index (χ4v) is 3.70. The monoisotopic (exact) mass is 252 g/mol. The molecule has 1 aromatic rings. The van der Waals surface area contributed by atoms with Crippen molar-refractivity contribution in [1.82, 2.24) is 10.3 Å². The average molecular weight is 252 g/mol. The first kappa shape index (κ1) is 13.0. The van der Waals surface area contributed by atoms with Crippen LogP contribution in [-0.4, -0.2) is 18.1 Å². The summed E-state index contributed by atoms with van der Waals surface area (Å²) < 4.78 is 0. The number of hydrogen-bond acceptors (Lipinski definition) is 3. The first-order chi connectivity index (χ1) is 8.29. The van der Waals surface area contributed by atoms with Gasteiger partial charge in [-0.05, 0) is 43.7 Å². The van der Waals surface area contributed by atoms with Gasteiger partial charge in [-0.25, -0.2) is 4.98 Å². The summed E-state index contributed by atoms with van der Waals surface area (Å²) in [6.07, 6.45) is 7.31. The smallest absolute Gasteiger partial charge is 0.0927 e. The van der Waals surface area contributed by atoms with Crippen molar-refractivity contribution in [2.45, 2.75) is 39.5 Å². The zero-order valence-electron chi connectivity index (χ0n) is 11.0. The van der Waals surface area contributed by atoms with E-state index in [1.54, 1.807) is 0 Å². The lowest BCUT2D eigenvalue weighted by molar-refractivity contribution is 0.184. The van der Waals surface area contributed by atoms with Crippen molar-refractivity contribution < 1.29 is 0 Å². The number of nitrogens with zero attached hydrogens (tertiary/aromatic N) is 1. The molecule has 1 fully saturated rings. The van der Waals surface area contributed by atoms with Crippen LogP contribution in [0.15, 0.2) is 11.6 Å². The Bertz CT molecular complexity index is 308. The van der Waals surface area contributed by atoms with Crippen molar-refractivity contribution in [3.8, 4) is 0 Å². The number of nitrogens with one attached hydrogen (secondary N) is 1. The van der Waals surface area contributed by atoms with Crippen LogP contribution in [0, 0.1) is 17.8 Å². The molecular weight excluding hydrogens is 228 g/mol. The van der Waals surface area contributed by atoms with E-state index in [-0.39, 0.29) is 0 Å². The Hall–Kier alpha value is -0.410. The van der Waals surface area contributed by atoms with E-state index in [0.29, 0.717) is 0 Å². The van der Waals surface area contributed by atoms with E-state index in [2.05, 4.69) is 29.5 Å². The van der Waals surface area contributed by atoms with Gasteiger partial charge < -0.3 is 5.32 Å². The number of rotatable bonds is 5. The molecule has 2 rings (SSSR count). The lowest BCUT2D eigenvalue weighted by atomic mass is 9.73. The third kappa shape index (κ3) is 3.78. The molecule has 3 heteroatoms. The maximum atomic E-state index is 4.45. The van der Waals surface area contributed by atoms with Crippen LogP contribution >= 0.6 is 11.3 Å².